The van der Waals surface area contributed by atoms with E-state index in [4.69, 9.17) is 0 Å². The number of benzene rings is 1. The molecule has 19 heavy (non-hydrogen) atoms. The van der Waals surface area contributed by atoms with E-state index in [-0.39, 0.29) is 23.5 Å². The van der Waals surface area contributed by atoms with Crippen LogP contribution in [0.1, 0.15) is 18.9 Å². The first-order valence-electron chi connectivity index (χ1n) is 6.63. The number of halogens is 1. The van der Waals surface area contributed by atoms with Gasteiger partial charge in [0.2, 0.25) is 0 Å². The summed E-state index contributed by atoms with van der Waals surface area (Å²) >= 11 is 0. The Hall–Kier alpha value is -0.940. The van der Waals surface area contributed by atoms with Crippen LogP contribution in [0.2, 0.25) is 0 Å². The molecule has 1 fully saturated rings. The van der Waals surface area contributed by atoms with E-state index in [1.807, 2.05) is 13.0 Å². The van der Waals surface area contributed by atoms with Gasteiger partial charge in [0.25, 0.3) is 0 Å². The Labute approximate surface area is 114 Å². The predicted molar refractivity (Wildman–Crippen MR) is 74.3 cm³/mol. The maximum absolute atomic E-state index is 13.5. The summed E-state index contributed by atoms with van der Waals surface area (Å²) in [5, 5.41) is 3.31. The molecule has 1 heterocycles. The second kappa shape index (κ2) is 6.01. The molecule has 1 aliphatic rings. The van der Waals surface area contributed by atoms with E-state index in [2.05, 4.69) is 5.32 Å². The highest BCUT2D eigenvalue weighted by Gasteiger charge is 2.27. The van der Waals surface area contributed by atoms with Crippen molar-refractivity contribution in [3.8, 4) is 0 Å². The lowest BCUT2D eigenvalue weighted by molar-refractivity contribution is 0.460. The highest BCUT2D eigenvalue weighted by molar-refractivity contribution is 7.91. The first kappa shape index (κ1) is 14.5. The zero-order valence-electron chi connectivity index (χ0n) is 11.1. The van der Waals surface area contributed by atoms with E-state index in [0.29, 0.717) is 24.3 Å². The maximum Gasteiger partial charge on any atom is 0.150 e. The number of hydrogen-bond donors (Lipinski definition) is 1. The van der Waals surface area contributed by atoms with Gasteiger partial charge in [-0.1, -0.05) is 18.2 Å². The van der Waals surface area contributed by atoms with E-state index in [1.165, 1.54) is 6.07 Å². The SMILES string of the molecule is CC(Cc1ccccc1F)NCC1CCS(=O)(=O)C1. The molecular formula is C14H20FNO2S. The number of hydrogen-bond acceptors (Lipinski definition) is 3. The van der Waals surface area contributed by atoms with Crippen LogP contribution in [0.3, 0.4) is 0 Å². The summed E-state index contributed by atoms with van der Waals surface area (Å²) < 4.78 is 36.2. The lowest BCUT2D eigenvalue weighted by atomic mass is 10.0. The van der Waals surface area contributed by atoms with E-state index in [0.717, 1.165) is 6.42 Å². The molecule has 2 rings (SSSR count). The molecule has 2 atom stereocenters. The molecule has 0 spiro atoms. The van der Waals surface area contributed by atoms with Gasteiger partial charge in [0, 0.05) is 6.04 Å². The van der Waals surface area contributed by atoms with Crippen LogP contribution in [0.15, 0.2) is 24.3 Å². The third kappa shape index (κ3) is 4.28. The first-order chi connectivity index (χ1) is 8.96. The zero-order valence-corrected chi connectivity index (χ0v) is 11.9. The van der Waals surface area contributed by atoms with Crippen molar-refractivity contribution < 1.29 is 12.8 Å². The second-order valence-corrected chi connectivity index (χ2v) is 7.60. The average molecular weight is 285 g/mol. The van der Waals surface area contributed by atoms with Crippen LogP contribution in [-0.2, 0) is 16.3 Å². The fourth-order valence-electron chi connectivity index (χ4n) is 2.47. The van der Waals surface area contributed by atoms with Gasteiger partial charge in [-0.2, -0.15) is 0 Å². The summed E-state index contributed by atoms with van der Waals surface area (Å²) in [6.07, 6.45) is 1.36. The largest absolute Gasteiger partial charge is 0.314 e. The minimum absolute atomic E-state index is 0.139. The second-order valence-electron chi connectivity index (χ2n) is 5.37. The van der Waals surface area contributed by atoms with Gasteiger partial charge in [-0.3, -0.25) is 0 Å². The third-order valence-corrected chi connectivity index (χ3v) is 5.40. The summed E-state index contributed by atoms with van der Waals surface area (Å²) in [5.41, 5.74) is 0.696. The summed E-state index contributed by atoms with van der Waals surface area (Å²) in [6, 6.07) is 6.90. The maximum atomic E-state index is 13.5. The highest BCUT2D eigenvalue weighted by Crippen LogP contribution is 2.17. The van der Waals surface area contributed by atoms with Crippen LogP contribution in [-0.4, -0.2) is 32.5 Å². The van der Waals surface area contributed by atoms with E-state index < -0.39 is 9.84 Å². The standard InChI is InChI=1S/C14H20FNO2S/c1-11(8-13-4-2-3-5-14(13)15)16-9-12-6-7-19(17,18)10-12/h2-5,11-12,16H,6-10H2,1H3. The Morgan fingerprint density at radius 3 is 2.79 bits per heavy atom. The lowest BCUT2D eigenvalue weighted by Gasteiger charge is -2.16. The Morgan fingerprint density at radius 2 is 2.16 bits per heavy atom. The fourth-order valence-corrected chi connectivity index (χ4v) is 4.33. The van der Waals surface area contributed by atoms with Gasteiger partial charge < -0.3 is 5.32 Å². The zero-order chi connectivity index (χ0) is 13.9. The lowest BCUT2D eigenvalue weighted by Crippen LogP contribution is -2.33. The fraction of sp³-hybridized carbons (Fsp3) is 0.571. The van der Waals surface area contributed by atoms with Gasteiger partial charge in [0.05, 0.1) is 11.5 Å². The molecule has 5 heteroatoms. The number of nitrogens with one attached hydrogen (secondary N) is 1. The average Bonchev–Trinajstić information content (AvgIpc) is 2.69. The molecule has 1 aromatic carbocycles. The molecule has 0 radical (unpaired) electrons. The van der Waals surface area contributed by atoms with Crippen molar-refractivity contribution in [2.75, 3.05) is 18.1 Å². The molecule has 1 saturated heterocycles. The monoisotopic (exact) mass is 285 g/mol. The molecule has 2 unspecified atom stereocenters. The third-order valence-electron chi connectivity index (χ3n) is 3.57. The molecule has 1 aromatic rings. The molecule has 3 nitrogen and oxygen atoms in total. The Kier molecular flexibility index (Phi) is 4.58. The quantitative estimate of drug-likeness (QED) is 0.897. The smallest absolute Gasteiger partial charge is 0.150 e. The van der Waals surface area contributed by atoms with Crippen molar-refractivity contribution in [2.45, 2.75) is 25.8 Å². The Balaban J connectivity index is 1.79. The van der Waals surface area contributed by atoms with Crippen molar-refractivity contribution in [3.63, 3.8) is 0 Å². The molecule has 0 bridgehead atoms. The van der Waals surface area contributed by atoms with E-state index >= 15 is 0 Å². The summed E-state index contributed by atoms with van der Waals surface area (Å²) in [5.74, 6) is 0.612. The van der Waals surface area contributed by atoms with Gasteiger partial charge >= 0.3 is 0 Å². The summed E-state index contributed by atoms with van der Waals surface area (Å²) in [6.45, 7) is 2.69. The molecular weight excluding hydrogens is 265 g/mol. The van der Waals surface area contributed by atoms with Gasteiger partial charge in [-0.05, 0) is 43.9 Å². The van der Waals surface area contributed by atoms with Crippen molar-refractivity contribution in [1.29, 1.82) is 0 Å². The molecule has 1 N–H and O–H groups in total. The van der Waals surface area contributed by atoms with Gasteiger partial charge in [0.15, 0.2) is 9.84 Å². The van der Waals surface area contributed by atoms with Crippen LogP contribution in [0.5, 0.6) is 0 Å². The summed E-state index contributed by atoms with van der Waals surface area (Å²) in [4.78, 5) is 0. The molecule has 1 aliphatic heterocycles. The van der Waals surface area contributed by atoms with Crippen LogP contribution < -0.4 is 5.32 Å². The minimum Gasteiger partial charge on any atom is -0.314 e. The van der Waals surface area contributed by atoms with Crippen molar-refractivity contribution in [3.05, 3.63) is 35.6 Å². The van der Waals surface area contributed by atoms with Crippen LogP contribution in [0.25, 0.3) is 0 Å². The van der Waals surface area contributed by atoms with Crippen molar-refractivity contribution >= 4 is 9.84 Å². The van der Waals surface area contributed by atoms with Crippen LogP contribution in [0, 0.1) is 11.7 Å². The minimum atomic E-state index is -2.81. The van der Waals surface area contributed by atoms with Crippen molar-refractivity contribution in [2.24, 2.45) is 5.92 Å². The van der Waals surface area contributed by atoms with E-state index in [9.17, 15) is 12.8 Å². The normalized spacial score (nSPS) is 23.4. The Morgan fingerprint density at radius 1 is 1.42 bits per heavy atom. The first-order valence-corrected chi connectivity index (χ1v) is 8.45. The van der Waals surface area contributed by atoms with Crippen LogP contribution >= 0.6 is 0 Å². The number of rotatable bonds is 5. The molecule has 0 saturated carbocycles. The molecule has 0 aromatic heterocycles. The van der Waals surface area contributed by atoms with Crippen molar-refractivity contribution in [1.82, 2.24) is 5.32 Å². The molecule has 106 valence electrons. The summed E-state index contributed by atoms with van der Waals surface area (Å²) in [7, 11) is -2.81. The molecule has 0 aliphatic carbocycles. The molecule has 0 amide bonds. The Bertz CT molecular complexity index is 530. The van der Waals surface area contributed by atoms with Gasteiger partial charge in [0.1, 0.15) is 5.82 Å². The van der Waals surface area contributed by atoms with Gasteiger partial charge in [-0.15, -0.1) is 0 Å². The topological polar surface area (TPSA) is 46.2 Å². The van der Waals surface area contributed by atoms with Gasteiger partial charge in [-0.25, -0.2) is 12.8 Å². The predicted octanol–water partition coefficient (Wildman–Crippen LogP) is 1.78. The number of sulfone groups is 1. The van der Waals surface area contributed by atoms with Crippen LogP contribution in [0.4, 0.5) is 4.39 Å². The highest BCUT2D eigenvalue weighted by atomic mass is 32.2. The van der Waals surface area contributed by atoms with E-state index in [1.54, 1.807) is 12.1 Å².